The van der Waals surface area contributed by atoms with Gasteiger partial charge in [0.1, 0.15) is 0 Å². The molecule has 0 fully saturated rings. The fourth-order valence-electron chi connectivity index (χ4n) is 1.96. The van der Waals surface area contributed by atoms with Crippen LogP contribution in [0.2, 0.25) is 0 Å². The van der Waals surface area contributed by atoms with Crippen LogP contribution in [0.4, 0.5) is 0 Å². The second-order valence-corrected chi connectivity index (χ2v) is 5.47. The first-order valence-corrected chi connectivity index (χ1v) is 7.46. The number of aromatic nitrogens is 1. The molecular weight excluding hydrogens is 258 g/mol. The van der Waals surface area contributed by atoms with Gasteiger partial charge in [0.2, 0.25) is 0 Å². The van der Waals surface area contributed by atoms with Gasteiger partial charge < -0.3 is 11.1 Å². The summed E-state index contributed by atoms with van der Waals surface area (Å²) in [6.45, 7) is 2.61. The zero-order valence-electron chi connectivity index (χ0n) is 11.1. The lowest BCUT2D eigenvalue weighted by molar-refractivity contribution is 0.0936. The average Bonchev–Trinajstić information content (AvgIpc) is 2.90. The van der Waals surface area contributed by atoms with Gasteiger partial charge >= 0.3 is 0 Å². The van der Waals surface area contributed by atoms with Gasteiger partial charge in [0.25, 0.3) is 5.91 Å². The van der Waals surface area contributed by atoms with Crippen LogP contribution in [0.3, 0.4) is 0 Å². The molecular formula is C14H19N3OS. The van der Waals surface area contributed by atoms with Crippen LogP contribution in [0.1, 0.15) is 36.5 Å². The first-order valence-electron chi connectivity index (χ1n) is 6.58. The number of carbonyl (C=O) groups excluding carboxylic acids is 1. The summed E-state index contributed by atoms with van der Waals surface area (Å²) in [4.78, 5) is 16.4. The number of nitrogens with zero attached hydrogens (tertiary/aromatic N) is 1. The minimum atomic E-state index is -0.0538. The van der Waals surface area contributed by atoms with Gasteiger partial charge in [-0.05, 0) is 24.6 Å². The van der Waals surface area contributed by atoms with Crippen molar-refractivity contribution in [1.29, 1.82) is 0 Å². The number of carbonyl (C=O) groups is 1. The van der Waals surface area contributed by atoms with Gasteiger partial charge in [0.15, 0.2) is 0 Å². The maximum atomic E-state index is 12.2. The number of fused-ring (bicyclic) bond motifs is 1. The molecule has 1 atom stereocenters. The Morgan fingerprint density at radius 1 is 1.53 bits per heavy atom. The summed E-state index contributed by atoms with van der Waals surface area (Å²) in [5.74, 6) is -0.0538. The number of amides is 1. The largest absolute Gasteiger partial charge is 0.348 e. The Balaban J connectivity index is 2.05. The highest BCUT2D eigenvalue weighted by atomic mass is 32.1. The SMILES string of the molecule is CCCCC(CN)NC(=O)c1ccc2ncsc2c1. The van der Waals surface area contributed by atoms with Gasteiger partial charge in [-0.25, -0.2) is 4.98 Å². The second kappa shape index (κ2) is 6.63. The summed E-state index contributed by atoms with van der Waals surface area (Å²) in [5.41, 5.74) is 9.09. The molecule has 0 bridgehead atoms. The van der Waals surface area contributed by atoms with Gasteiger partial charge in [-0.2, -0.15) is 0 Å². The van der Waals surface area contributed by atoms with E-state index in [2.05, 4.69) is 17.2 Å². The number of nitrogens with two attached hydrogens (primary N) is 1. The molecule has 1 aromatic carbocycles. The Morgan fingerprint density at radius 2 is 2.37 bits per heavy atom. The Kier molecular flexibility index (Phi) is 4.87. The number of rotatable bonds is 6. The Bertz CT molecular complexity index is 552. The molecule has 0 saturated heterocycles. The monoisotopic (exact) mass is 277 g/mol. The molecule has 1 amide bonds. The highest BCUT2D eigenvalue weighted by Crippen LogP contribution is 2.19. The summed E-state index contributed by atoms with van der Waals surface area (Å²) < 4.78 is 1.03. The quantitative estimate of drug-likeness (QED) is 0.852. The Hall–Kier alpha value is -1.46. The number of unbranched alkanes of at least 4 members (excludes halogenated alkanes) is 1. The Morgan fingerprint density at radius 3 is 3.11 bits per heavy atom. The molecule has 1 aromatic heterocycles. The number of hydrogen-bond donors (Lipinski definition) is 2. The third-order valence-electron chi connectivity index (χ3n) is 3.12. The Labute approximate surface area is 117 Å². The molecule has 2 aromatic rings. The van der Waals surface area contributed by atoms with Crippen molar-refractivity contribution in [2.24, 2.45) is 5.73 Å². The van der Waals surface area contributed by atoms with E-state index in [0.29, 0.717) is 12.1 Å². The number of nitrogens with one attached hydrogen (secondary N) is 1. The van der Waals surface area contributed by atoms with Crippen molar-refractivity contribution >= 4 is 27.5 Å². The number of hydrogen-bond acceptors (Lipinski definition) is 4. The van der Waals surface area contributed by atoms with Crippen molar-refractivity contribution < 1.29 is 4.79 Å². The topological polar surface area (TPSA) is 68.0 Å². The summed E-state index contributed by atoms with van der Waals surface area (Å²) in [6.07, 6.45) is 3.12. The zero-order chi connectivity index (χ0) is 13.7. The van der Waals surface area contributed by atoms with E-state index in [-0.39, 0.29) is 11.9 Å². The van der Waals surface area contributed by atoms with Crippen LogP contribution in [-0.4, -0.2) is 23.5 Å². The molecule has 0 aliphatic heterocycles. The van der Waals surface area contributed by atoms with E-state index in [0.717, 1.165) is 29.5 Å². The van der Waals surface area contributed by atoms with Crippen LogP contribution >= 0.6 is 11.3 Å². The van der Waals surface area contributed by atoms with Gasteiger partial charge in [-0.1, -0.05) is 19.8 Å². The highest BCUT2D eigenvalue weighted by Gasteiger charge is 2.12. The van der Waals surface area contributed by atoms with E-state index in [1.54, 1.807) is 16.8 Å². The lowest BCUT2D eigenvalue weighted by Gasteiger charge is -2.16. The van der Waals surface area contributed by atoms with Crippen molar-refractivity contribution in [2.75, 3.05) is 6.54 Å². The van der Waals surface area contributed by atoms with Gasteiger partial charge in [0.05, 0.1) is 15.7 Å². The van der Waals surface area contributed by atoms with Crippen molar-refractivity contribution in [3.8, 4) is 0 Å². The molecule has 0 aliphatic carbocycles. The third-order valence-corrected chi connectivity index (χ3v) is 3.91. The number of benzene rings is 1. The predicted molar refractivity (Wildman–Crippen MR) is 79.5 cm³/mol. The van der Waals surface area contributed by atoms with Gasteiger partial charge in [-0.3, -0.25) is 4.79 Å². The first kappa shape index (κ1) is 14.0. The molecule has 1 heterocycles. The summed E-state index contributed by atoms with van der Waals surface area (Å²) in [6, 6.07) is 5.63. The molecule has 2 rings (SSSR count). The van der Waals surface area contributed by atoms with Crippen molar-refractivity contribution in [1.82, 2.24) is 10.3 Å². The maximum absolute atomic E-state index is 12.2. The first-order chi connectivity index (χ1) is 9.24. The van der Waals surface area contributed by atoms with Crippen LogP contribution in [0.25, 0.3) is 10.2 Å². The molecule has 102 valence electrons. The van der Waals surface area contributed by atoms with E-state index < -0.39 is 0 Å². The van der Waals surface area contributed by atoms with E-state index in [4.69, 9.17) is 5.73 Å². The molecule has 4 nitrogen and oxygen atoms in total. The summed E-state index contributed by atoms with van der Waals surface area (Å²) in [7, 11) is 0. The summed E-state index contributed by atoms with van der Waals surface area (Å²) in [5, 5.41) is 2.99. The molecule has 3 N–H and O–H groups in total. The van der Waals surface area contributed by atoms with Crippen LogP contribution in [0.15, 0.2) is 23.7 Å². The molecule has 0 aliphatic rings. The lowest BCUT2D eigenvalue weighted by Crippen LogP contribution is -2.40. The normalized spacial score (nSPS) is 12.5. The van der Waals surface area contributed by atoms with Crippen molar-refractivity contribution in [3.05, 3.63) is 29.3 Å². The minimum absolute atomic E-state index is 0.0538. The lowest BCUT2D eigenvalue weighted by atomic mass is 10.1. The van der Waals surface area contributed by atoms with Crippen molar-refractivity contribution in [2.45, 2.75) is 32.2 Å². The fourth-order valence-corrected chi connectivity index (χ4v) is 2.68. The number of thiazole rings is 1. The molecule has 0 radical (unpaired) electrons. The second-order valence-electron chi connectivity index (χ2n) is 4.58. The van der Waals surface area contributed by atoms with E-state index in [1.807, 2.05) is 18.2 Å². The van der Waals surface area contributed by atoms with Crippen LogP contribution in [0.5, 0.6) is 0 Å². The van der Waals surface area contributed by atoms with E-state index in [9.17, 15) is 4.79 Å². The average molecular weight is 277 g/mol. The van der Waals surface area contributed by atoms with Gasteiger partial charge in [-0.15, -0.1) is 11.3 Å². The molecule has 1 unspecified atom stereocenters. The molecule has 5 heteroatoms. The fraction of sp³-hybridized carbons (Fsp3) is 0.429. The van der Waals surface area contributed by atoms with Crippen LogP contribution < -0.4 is 11.1 Å². The standard InChI is InChI=1S/C14H19N3OS/c1-2-3-4-11(8-15)17-14(18)10-5-6-12-13(7-10)19-9-16-12/h5-7,9,11H,2-4,8,15H2,1H3,(H,17,18). The van der Waals surface area contributed by atoms with Crippen LogP contribution in [0, 0.1) is 0 Å². The zero-order valence-corrected chi connectivity index (χ0v) is 11.9. The van der Waals surface area contributed by atoms with Gasteiger partial charge in [0, 0.05) is 18.2 Å². The van der Waals surface area contributed by atoms with E-state index >= 15 is 0 Å². The van der Waals surface area contributed by atoms with Crippen LogP contribution in [-0.2, 0) is 0 Å². The van der Waals surface area contributed by atoms with E-state index in [1.165, 1.54) is 0 Å². The smallest absolute Gasteiger partial charge is 0.251 e. The summed E-state index contributed by atoms with van der Waals surface area (Å²) >= 11 is 1.54. The maximum Gasteiger partial charge on any atom is 0.251 e. The predicted octanol–water partition coefficient (Wildman–Crippen LogP) is 2.54. The molecule has 0 spiro atoms. The minimum Gasteiger partial charge on any atom is -0.348 e. The third kappa shape index (κ3) is 3.52. The highest BCUT2D eigenvalue weighted by molar-refractivity contribution is 7.16. The molecule has 0 saturated carbocycles. The van der Waals surface area contributed by atoms with Crippen molar-refractivity contribution in [3.63, 3.8) is 0 Å². The molecule has 19 heavy (non-hydrogen) atoms.